The first kappa shape index (κ1) is 19.2. The molecule has 148 valence electrons. The van der Waals surface area contributed by atoms with Crippen LogP contribution >= 0.6 is 11.8 Å². The number of hydrogen-bond acceptors (Lipinski definition) is 5. The van der Waals surface area contributed by atoms with Gasteiger partial charge in [0, 0.05) is 37.6 Å². The standard InChI is InChI=1S/C22H26N2O3S/c1-26-18-6-8-19(9-7-18)27-15-14-23-10-12-24(13-11-23)22(25)21-16-17-4-2-3-5-20(17)28-21/h2-9,21H,10-16H2,1H3/t21-/m0/s1. The molecule has 0 radical (unpaired) electrons. The monoisotopic (exact) mass is 398 g/mol. The number of piperazine rings is 1. The summed E-state index contributed by atoms with van der Waals surface area (Å²) in [4.78, 5) is 18.5. The van der Waals surface area contributed by atoms with Gasteiger partial charge in [-0.2, -0.15) is 0 Å². The van der Waals surface area contributed by atoms with E-state index in [0.29, 0.717) is 6.61 Å². The predicted octanol–water partition coefficient (Wildman–Crippen LogP) is 2.94. The molecule has 1 fully saturated rings. The van der Waals surface area contributed by atoms with E-state index in [9.17, 15) is 4.79 Å². The summed E-state index contributed by atoms with van der Waals surface area (Å²) in [5.41, 5.74) is 1.31. The number of rotatable bonds is 6. The van der Waals surface area contributed by atoms with E-state index in [-0.39, 0.29) is 11.2 Å². The highest BCUT2D eigenvalue weighted by atomic mass is 32.2. The van der Waals surface area contributed by atoms with Crippen molar-refractivity contribution in [2.24, 2.45) is 0 Å². The molecular weight excluding hydrogens is 372 g/mol. The van der Waals surface area contributed by atoms with Crippen molar-refractivity contribution >= 4 is 17.7 Å². The SMILES string of the molecule is COc1ccc(OCCN2CCN(C(=O)[C@@H]3Cc4ccccc4S3)CC2)cc1. The van der Waals surface area contributed by atoms with Crippen molar-refractivity contribution in [3.63, 3.8) is 0 Å². The minimum absolute atomic E-state index is 0.0438. The molecule has 0 aromatic heterocycles. The molecule has 1 atom stereocenters. The molecule has 2 aromatic carbocycles. The van der Waals surface area contributed by atoms with Crippen molar-refractivity contribution in [1.82, 2.24) is 9.80 Å². The van der Waals surface area contributed by atoms with Crippen molar-refractivity contribution in [2.45, 2.75) is 16.6 Å². The van der Waals surface area contributed by atoms with Crippen molar-refractivity contribution in [1.29, 1.82) is 0 Å². The fraction of sp³-hybridized carbons (Fsp3) is 0.409. The van der Waals surface area contributed by atoms with Gasteiger partial charge in [0.25, 0.3) is 0 Å². The first-order valence-electron chi connectivity index (χ1n) is 9.75. The third-order valence-corrected chi connectivity index (χ3v) is 6.65. The largest absolute Gasteiger partial charge is 0.497 e. The summed E-state index contributed by atoms with van der Waals surface area (Å²) in [6.07, 6.45) is 0.857. The van der Waals surface area contributed by atoms with Gasteiger partial charge in [-0.05, 0) is 42.3 Å². The Balaban J connectivity index is 1.19. The first-order valence-corrected chi connectivity index (χ1v) is 10.6. The van der Waals surface area contributed by atoms with Gasteiger partial charge in [0.2, 0.25) is 5.91 Å². The summed E-state index contributed by atoms with van der Waals surface area (Å²) in [7, 11) is 1.66. The molecule has 2 aliphatic rings. The second kappa shape index (κ2) is 8.88. The Labute approximate surface area is 170 Å². The minimum Gasteiger partial charge on any atom is -0.497 e. The van der Waals surface area contributed by atoms with Crippen LogP contribution in [0.1, 0.15) is 5.56 Å². The average molecular weight is 399 g/mol. The summed E-state index contributed by atoms with van der Waals surface area (Å²) in [5.74, 6) is 1.97. The number of amides is 1. The lowest BCUT2D eigenvalue weighted by molar-refractivity contribution is -0.132. The van der Waals surface area contributed by atoms with Crippen LogP contribution in [0.5, 0.6) is 11.5 Å². The van der Waals surface area contributed by atoms with Crippen LogP contribution in [-0.2, 0) is 11.2 Å². The van der Waals surface area contributed by atoms with Crippen LogP contribution < -0.4 is 9.47 Å². The summed E-state index contributed by atoms with van der Waals surface area (Å²) >= 11 is 1.72. The van der Waals surface area contributed by atoms with Crippen LogP contribution in [0.4, 0.5) is 0 Å². The van der Waals surface area contributed by atoms with Gasteiger partial charge >= 0.3 is 0 Å². The smallest absolute Gasteiger partial charge is 0.236 e. The average Bonchev–Trinajstić information content (AvgIpc) is 3.18. The summed E-state index contributed by atoms with van der Waals surface area (Å²) in [6.45, 7) is 4.93. The number of hydrogen-bond donors (Lipinski definition) is 0. The molecule has 5 nitrogen and oxygen atoms in total. The second-order valence-corrected chi connectivity index (χ2v) is 8.35. The number of ether oxygens (including phenoxy) is 2. The number of carbonyl (C=O) groups excluding carboxylic acids is 1. The lowest BCUT2D eigenvalue weighted by Crippen LogP contribution is -2.51. The van der Waals surface area contributed by atoms with Gasteiger partial charge in [-0.3, -0.25) is 9.69 Å². The Morgan fingerprint density at radius 1 is 1.04 bits per heavy atom. The number of thioether (sulfide) groups is 1. The van der Waals surface area contributed by atoms with E-state index in [1.54, 1.807) is 18.9 Å². The van der Waals surface area contributed by atoms with Crippen molar-refractivity contribution in [3.05, 3.63) is 54.1 Å². The van der Waals surface area contributed by atoms with E-state index in [1.807, 2.05) is 35.2 Å². The Bertz CT molecular complexity index is 779. The predicted molar refractivity (Wildman–Crippen MR) is 111 cm³/mol. The van der Waals surface area contributed by atoms with Crippen LogP contribution in [0, 0.1) is 0 Å². The van der Waals surface area contributed by atoms with Gasteiger partial charge in [0.1, 0.15) is 18.1 Å². The molecule has 1 amide bonds. The fourth-order valence-electron chi connectivity index (χ4n) is 3.68. The molecule has 0 bridgehead atoms. The zero-order valence-corrected chi connectivity index (χ0v) is 17.0. The van der Waals surface area contributed by atoms with Gasteiger partial charge in [0.05, 0.1) is 12.4 Å². The molecule has 0 aliphatic carbocycles. The molecule has 0 unspecified atom stereocenters. The lowest BCUT2D eigenvalue weighted by Gasteiger charge is -2.35. The van der Waals surface area contributed by atoms with Gasteiger partial charge < -0.3 is 14.4 Å². The van der Waals surface area contributed by atoms with E-state index in [2.05, 4.69) is 23.1 Å². The van der Waals surface area contributed by atoms with Gasteiger partial charge in [-0.1, -0.05) is 18.2 Å². The number of methoxy groups -OCH3 is 1. The number of benzene rings is 2. The highest BCUT2D eigenvalue weighted by Gasteiger charge is 2.32. The Morgan fingerprint density at radius 2 is 1.75 bits per heavy atom. The quantitative estimate of drug-likeness (QED) is 0.748. The maximum Gasteiger partial charge on any atom is 0.236 e. The van der Waals surface area contributed by atoms with Crippen LogP contribution in [0.3, 0.4) is 0 Å². The molecular formula is C22H26N2O3S. The third kappa shape index (κ3) is 4.45. The van der Waals surface area contributed by atoms with E-state index >= 15 is 0 Å². The van der Waals surface area contributed by atoms with E-state index in [4.69, 9.17) is 9.47 Å². The molecule has 0 spiro atoms. The van der Waals surface area contributed by atoms with Gasteiger partial charge in [-0.15, -0.1) is 11.8 Å². The highest BCUT2D eigenvalue weighted by molar-refractivity contribution is 8.01. The molecule has 1 saturated heterocycles. The number of carbonyl (C=O) groups is 1. The molecule has 4 rings (SSSR count). The summed E-state index contributed by atoms with van der Waals surface area (Å²) < 4.78 is 11.0. The molecule has 0 N–H and O–H groups in total. The van der Waals surface area contributed by atoms with E-state index in [1.165, 1.54) is 10.5 Å². The molecule has 2 aromatic rings. The van der Waals surface area contributed by atoms with Crippen LogP contribution in [0.25, 0.3) is 0 Å². The number of nitrogens with zero attached hydrogens (tertiary/aromatic N) is 2. The lowest BCUT2D eigenvalue weighted by atomic mass is 10.1. The summed E-state index contributed by atoms with van der Waals surface area (Å²) in [6, 6.07) is 16.0. The zero-order chi connectivity index (χ0) is 19.3. The summed E-state index contributed by atoms with van der Waals surface area (Å²) in [5, 5.41) is 0.0438. The number of fused-ring (bicyclic) bond motifs is 1. The minimum atomic E-state index is 0.0438. The van der Waals surface area contributed by atoms with Crippen molar-refractivity contribution < 1.29 is 14.3 Å². The van der Waals surface area contributed by atoms with Crippen molar-refractivity contribution in [3.8, 4) is 11.5 Å². The van der Waals surface area contributed by atoms with Crippen LogP contribution in [0.15, 0.2) is 53.4 Å². The first-order chi connectivity index (χ1) is 13.7. The maximum absolute atomic E-state index is 12.9. The molecule has 0 saturated carbocycles. The Kier molecular flexibility index (Phi) is 6.07. The topological polar surface area (TPSA) is 42.0 Å². The van der Waals surface area contributed by atoms with Crippen LogP contribution in [-0.4, -0.2) is 67.4 Å². The Hall–Kier alpha value is -2.18. The fourth-order valence-corrected chi connectivity index (χ4v) is 4.96. The van der Waals surface area contributed by atoms with Crippen LogP contribution in [0.2, 0.25) is 0 Å². The highest BCUT2D eigenvalue weighted by Crippen LogP contribution is 2.37. The third-order valence-electron chi connectivity index (χ3n) is 5.34. The Morgan fingerprint density at radius 3 is 2.46 bits per heavy atom. The maximum atomic E-state index is 12.9. The van der Waals surface area contributed by atoms with Crippen molar-refractivity contribution in [2.75, 3.05) is 46.4 Å². The van der Waals surface area contributed by atoms with Gasteiger partial charge in [0.15, 0.2) is 0 Å². The van der Waals surface area contributed by atoms with E-state index < -0.39 is 0 Å². The molecule has 2 aliphatic heterocycles. The molecule has 2 heterocycles. The molecule has 6 heteroatoms. The van der Waals surface area contributed by atoms with Gasteiger partial charge in [-0.25, -0.2) is 0 Å². The normalized spacial score (nSPS) is 19.3. The second-order valence-electron chi connectivity index (χ2n) is 7.11. The molecule has 28 heavy (non-hydrogen) atoms. The zero-order valence-electron chi connectivity index (χ0n) is 16.2. The van der Waals surface area contributed by atoms with E-state index in [0.717, 1.165) is 50.6 Å².